The third kappa shape index (κ3) is 3.16. The van der Waals surface area contributed by atoms with Gasteiger partial charge in [-0.2, -0.15) is 0 Å². The zero-order valence-electron chi connectivity index (χ0n) is 9.94. The molecule has 1 fully saturated rings. The molecule has 3 unspecified atom stereocenters. The van der Waals surface area contributed by atoms with E-state index in [-0.39, 0.29) is 30.1 Å². The summed E-state index contributed by atoms with van der Waals surface area (Å²) in [5.41, 5.74) is 5.19. The van der Waals surface area contributed by atoms with Crippen molar-refractivity contribution in [1.29, 1.82) is 0 Å². The van der Waals surface area contributed by atoms with Crippen molar-refractivity contribution >= 4 is 9.84 Å². The van der Waals surface area contributed by atoms with Gasteiger partial charge in [0.15, 0.2) is 9.84 Å². The molecule has 4 N–H and O–H groups in total. The molecule has 0 aromatic heterocycles. The maximum atomic E-state index is 11.5. The fourth-order valence-electron chi connectivity index (χ4n) is 2.03. The first-order valence-electron chi connectivity index (χ1n) is 5.63. The third-order valence-corrected chi connectivity index (χ3v) is 5.27. The number of aliphatic hydroxyl groups excluding tert-OH is 1. The van der Waals surface area contributed by atoms with E-state index in [0.717, 1.165) is 0 Å². The van der Waals surface area contributed by atoms with E-state index in [0.29, 0.717) is 13.0 Å². The van der Waals surface area contributed by atoms with Crippen molar-refractivity contribution in [3.05, 3.63) is 0 Å². The smallest absolute Gasteiger partial charge is 0.152 e. The normalized spacial score (nSPS) is 32.5. The Bertz CT molecular complexity index is 331. The van der Waals surface area contributed by atoms with Gasteiger partial charge in [-0.1, -0.05) is 6.92 Å². The van der Waals surface area contributed by atoms with E-state index in [2.05, 4.69) is 5.32 Å². The highest BCUT2D eigenvalue weighted by atomic mass is 32.2. The van der Waals surface area contributed by atoms with E-state index in [1.165, 1.54) is 0 Å². The van der Waals surface area contributed by atoms with E-state index in [1.807, 2.05) is 13.8 Å². The Morgan fingerprint density at radius 3 is 2.50 bits per heavy atom. The Hall–Kier alpha value is -0.170. The van der Waals surface area contributed by atoms with Crippen molar-refractivity contribution in [2.75, 3.05) is 24.7 Å². The second-order valence-corrected chi connectivity index (χ2v) is 7.10. The lowest BCUT2D eigenvalue weighted by atomic mass is 9.95. The maximum Gasteiger partial charge on any atom is 0.152 e. The Balaban J connectivity index is 2.69. The molecule has 1 aliphatic heterocycles. The summed E-state index contributed by atoms with van der Waals surface area (Å²) in [6.07, 6.45) is 0.564. The van der Waals surface area contributed by atoms with Gasteiger partial charge < -0.3 is 16.2 Å². The minimum Gasteiger partial charge on any atom is -0.396 e. The number of nitrogens with two attached hydrogens (primary N) is 1. The van der Waals surface area contributed by atoms with Gasteiger partial charge in [-0.15, -0.1) is 0 Å². The van der Waals surface area contributed by atoms with Crippen LogP contribution in [0.2, 0.25) is 0 Å². The van der Waals surface area contributed by atoms with E-state index < -0.39 is 15.4 Å². The van der Waals surface area contributed by atoms with Crippen LogP contribution in [0.15, 0.2) is 0 Å². The summed E-state index contributed by atoms with van der Waals surface area (Å²) in [6, 6.07) is 0.0573. The molecule has 6 heteroatoms. The molecule has 1 saturated heterocycles. The lowest BCUT2D eigenvalue weighted by Gasteiger charge is -2.33. The molecule has 3 atom stereocenters. The molecule has 0 radical (unpaired) electrons. The van der Waals surface area contributed by atoms with E-state index in [9.17, 15) is 8.42 Å². The topological polar surface area (TPSA) is 92.4 Å². The largest absolute Gasteiger partial charge is 0.396 e. The predicted octanol–water partition coefficient (Wildman–Crippen LogP) is -0.891. The number of nitrogens with one attached hydrogen (secondary N) is 1. The molecule has 0 aromatic carbocycles. The van der Waals surface area contributed by atoms with Crippen LogP contribution in [-0.2, 0) is 9.84 Å². The first-order valence-corrected chi connectivity index (χ1v) is 7.45. The van der Waals surface area contributed by atoms with E-state index in [4.69, 9.17) is 10.8 Å². The average Bonchev–Trinajstić information content (AvgIpc) is 2.53. The second-order valence-electron chi connectivity index (χ2n) is 4.92. The maximum absolute atomic E-state index is 11.5. The van der Waals surface area contributed by atoms with Crippen molar-refractivity contribution in [2.45, 2.75) is 31.8 Å². The summed E-state index contributed by atoms with van der Waals surface area (Å²) in [5.74, 6) is 0.405. The van der Waals surface area contributed by atoms with Crippen LogP contribution in [-0.4, -0.2) is 49.8 Å². The number of hydrogen-bond donors (Lipinski definition) is 3. The molecule has 0 aromatic rings. The highest BCUT2D eigenvalue weighted by Crippen LogP contribution is 2.24. The number of hydrogen-bond acceptors (Lipinski definition) is 5. The number of aliphatic hydroxyl groups is 1. The molecule has 1 aliphatic rings. The molecule has 0 amide bonds. The van der Waals surface area contributed by atoms with Crippen LogP contribution >= 0.6 is 0 Å². The van der Waals surface area contributed by atoms with Crippen LogP contribution in [0, 0.1) is 5.92 Å². The van der Waals surface area contributed by atoms with Gasteiger partial charge in [-0.3, -0.25) is 0 Å². The molecular weight excluding hydrogens is 228 g/mol. The molecule has 0 saturated carbocycles. The quantitative estimate of drug-likeness (QED) is 0.588. The van der Waals surface area contributed by atoms with Crippen LogP contribution < -0.4 is 11.1 Å². The molecular formula is C10H22N2O3S. The summed E-state index contributed by atoms with van der Waals surface area (Å²) in [7, 11) is -2.95. The first kappa shape index (κ1) is 13.9. The molecule has 1 rings (SSSR count). The van der Waals surface area contributed by atoms with Gasteiger partial charge >= 0.3 is 0 Å². The molecule has 0 spiro atoms. The molecule has 0 bridgehead atoms. The van der Waals surface area contributed by atoms with Gasteiger partial charge in [0, 0.05) is 24.7 Å². The lowest BCUT2D eigenvalue weighted by molar-refractivity contribution is 0.186. The van der Waals surface area contributed by atoms with Crippen LogP contribution in [0.5, 0.6) is 0 Å². The first-order chi connectivity index (χ1) is 7.34. The molecule has 0 aliphatic carbocycles. The summed E-state index contributed by atoms with van der Waals surface area (Å²) < 4.78 is 23.0. The van der Waals surface area contributed by atoms with Crippen LogP contribution in [0.1, 0.15) is 20.3 Å². The Morgan fingerprint density at radius 1 is 1.50 bits per heavy atom. The lowest BCUT2D eigenvalue weighted by Crippen LogP contribution is -2.57. The van der Waals surface area contributed by atoms with Gasteiger partial charge in [-0.05, 0) is 19.3 Å². The zero-order valence-corrected chi connectivity index (χ0v) is 10.8. The third-order valence-electron chi connectivity index (χ3n) is 3.45. The number of sulfone groups is 1. The van der Waals surface area contributed by atoms with E-state index >= 15 is 0 Å². The highest BCUT2D eigenvalue weighted by Gasteiger charge is 2.42. The van der Waals surface area contributed by atoms with Crippen LogP contribution in [0.4, 0.5) is 0 Å². The van der Waals surface area contributed by atoms with Crippen molar-refractivity contribution in [3.8, 4) is 0 Å². The Morgan fingerprint density at radius 2 is 2.12 bits per heavy atom. The standard InChI is InChI=1S/C10H22N2O3S/c1-8(5-13)9(2)12-10(6-11)3-4-16(14,15)7-10/h8-9,12-13H,3-7,11H2,1-2H3. The summed E-state index contributed by atoms with van der Waals surface area (Å²) >= 11 is 0. The molecule has 16 heavy (non-hydrogen) atoms. The van der Waals surface area contributed by atoms with Gasteiger partial charge in [0.2, 0.25) is 0 Å². The van der Waals surface area contributed by atoms with Gasteiger partial charge in [0.25, 0.3) is 0 Å². The zero-order chi connectivity index (χ0) is 12.4. The molecule has 5 nitrogen and oxygen atoms in total. The van der Waals surface area contributed by atoms with Gasteiger partial charge in [0.05, 0.1) is 11.5 Å². The van der Waals surface area contributed by atoms with Crippen molar-refractivity contribution in [2.24, 2.45) is 11.7 Å². The second kappa shape index (κ2) is 5.00. The van der Waals surface area contributed by atoms with Crippen molar-refractivity contribution < 1.29 is 13.5 Å². The fourth-order valence-corrected chi connectivity index (χ4v) is 4.07. The SMILES string of the molecule is CC(CO)C(C)NC1(CN)CCS(=O)(=O)C1. The van der Waals surface area contributed by atoms with Gasteiger partial charge in [0.1, 0.15) is 0 Å². The minimum absolute atomic E-state index is 0.0573. The van der Waals surface area contributed by atoms with Crippen molar-refractivity contribution in [1.82, 2.24) is 5.32 Å². The highest BCUT2D eigenvalue weighted by molar-refractivity contribution is 7.91. The molecule has 1 heterocycles. The van der Waals surface area contributed by atoms with E-state index in [1.54, 1.807) is 0 Å². The summed E-state index contributed by atoms with van der Waals surface area (Å²) in [4.78, 5) is 0. The molecule has 96 valence electrons. The average molecular weight is 250 g/mol. The summed E-state index contributed by atoms with van der Waals surface area (Å²) in [5, 5.41) is 12.3. The monoisotopic (exact) mass is 250 g/mol. The van der Waals surface area contributed by atoms with Crippen molar-refractivity contribution in [3.63, 3.8) is 0 Å². The summed E-state index contributed by atoms with van der Waals surface area (Å²) in [6.45, 7) is 4.27. The Labute approximate surface area is 97.3 Å². The van der Waals surface area contributed by atoms with Crippen LogP contribution in [0.25, 0.3) is 0 Å². The minimum atomic E-state index is -2.95. The Kier molecular flexibility index (Phi) is 4.34. The predicted molar refractivity (Wildman–Crippen MR) is 63.9 cm³/mol. The van der Waals surface area contributed by atoms with Gasteiger partial charge in [-0.25, -0.2) is 8.42 Å². The van der Waals surface area contributed by atoms with Crippen LogP contribution in [0.3, 0.4) is 0 Å². The number of rotatable bonds is 5. The fraction of sp³-hybridized carbons (Fsp3) is 1.00.